The number of nitrogens with two attached hydrogens (primary N) is 1. The Morgan fingerprint density at radius 1 is 1.47 bits per heavy atom. The van der Waals surface area contributed by atoms with Gasteiger partial charge in [0.15, 0.2) is 0 Å². The van der Waals surface area contributed by atoms with Gasteiger partial charge >= 0.3 is 5.97 Å². The molecule has 0 radical (unpaired) electrons. The number of rotatable bonds is 7. The van der Waals surface area contributed by atoms with Gasteiger partial charge in [0.05, 0.1) is 6.42 Å². The summed E-state index contributed by atoms with van der Waals surface area (Å²) < 4.78 is 0. The predicted octanol–water partition coefficient (Wildman–Crippen LogP) is 1.20. The van der Waals surface area contributed by atoms with E-state index in [9.17, 15) is 4.79 Å². The molecular weight excluding hydrogens is 218 g/mol. The SMILES string of the molecule is CC(C)CN(CCC(=O)ONN)C1CCCC1. The summed E-state index contributed by atoms with van der Waals surface area (Å²) in [6.45, 7) is 6.24. The Labute approximate surface area is 104 Å². The van der Waals surface area contributed by atoms with Crippen molar-refractivity contribution in [1.29, 1.82) is 0 Å². The topological polar surface area (TPSA) is 67.6 Å². The zero-order valence-corrected chi connectivity index (χ0v) is 10.9. The van der Waals surface area contributed by atoms with Gasteiger partial charge in [0, 0.05) is 19.1 Å². The number of hydrogen-bond acceptors (Lipinski definition) is 5. The van der Waals surface area contributed by atoms with Crippen LogP contribution in [-0.2, 0) is 9.63 Å². The van der Waals surface area contributed by atoms with Crippen molar-refractivity contribution in [3.8, 4) is 0 Å². The van der Waals surface area contributed by atoms with Crippen molar-refractivity contribution in [2.45, 2.75) is 52.0 Å². The largest absolute Gasteiger partial charge is 0.356 e. The lowest BCUT2D eigenvalue weighted by molar-refractivity contribution is -0.151. The molecule has 100 valence electrons. The monoisotopic (exact) mass is 243 g/mol. The maximum Gasteiger partial charge on any atom is 0.327 e. The lowest BCUT2D eigenvalue weighted by Crippen LogP contribution is -2.38. The molecule has 5 nitrogen and oxygen atoms in total. The summed E-state index contributed by atoms with van der Waals surface area (Å²) in [4.78, 5) is 18.2. The standard InChI is InChI=1S/C12H25N3O2/c1-10(2)9-15(11-5-3-4-6-11)8-7-12(16)17-14-13/h10-11,14H,3-9,13H2,1-2H3. The van der Waals surface area contributed by atoms with Gasteiger partial charge in [-0.15, -0.1) is 0 Å². The average molecular weight is 243 g/mol. The summed E-state index contributed by atoms with van der Waals surface area (Å²) >= 11 is 0. The maximum absolute atomic E-state index is 11.3. The van der Waals surface area contributed by atoms with Gasteiger partial charge in [-0.05, 0) is 18.8 Å². The van der Waals surface area contributed by atoms with E-state index in [0.29, 0.717) is 18.4 Å². The van der Waals surface area contributed by atoms with Crippen LogP contribution in [0.1, 0.15) is 46.0 Å². The van der Waals surface area contributed by atoms with E-state index in [1.165, 1.54) is 25.7 Å². The predicted molar refractivity (Wildman–Crippen MR) is 66.7 cm³/mol. The summed E-state index contributed by atoms with van der Waals surface area (Å²) in [5, 5.41) is 0. The lowest BCUT2D eigenvalue weighted by atomic mass is 10.1. The third-order valence-electron chi connectivity index (χ3n) is 3.22. The van der Waals surface area contributed by atoms with Gasteiger partial charge in [0.2, 0.25) is 0 Å². The van der Waals surface area contributed by atoms with Crippen molar-refractivity contribution in [3.63, 3.8) is 0 Å². The Morgan fingerprint density at radius 2 is 2.12 bits per heavy atom. The summed E-state index contributed by atoms with van der Waals surface area (Å²) in [6, 6.07) is 0.649. The number of nitrogens with one attached hydrogen (secondary N) is 1. The molecule has 0 amide bonds. The van der Waals surface area contributed by atoms with Crippen LogP contribution in [0.4, 0.5) is 0 Å². The molecule has 3 N–H and O–H groups in total. The van der Waals surface area contributed by atoms with Crippen molar-refractivity contribution in [1.82, 2.24) is 10.5 Å². The normalized spacial score (nSPS) is 17.0. The van der Waals surface area contributed by atoms with Crippen LogP contribution in [0.15, 0.2) is 0 Å². The minimum atomic E-state index is -0.292. The van der Waals surface area contributed by atoms with E-state index in [4.69, 9.17) is 5.84 Å². The zero-order valence-electron chi connectivity index (χ0n) is 10.9. The minimum absolute atomic E-state index is 0.292. The van der Waals surface area contributed by atoms with Crippen LogP contribution in [0.3, 0.4) is 0 Å². The Morgan fingerprint density at radius 3 is 2.65 bits per heavy atom. The highest BCUT2D eigenvalue weighted by Crippen LogP contribution is 2.24. The fourth-order valence-corrected chi connectivity index (χ4v) is 2.51. The molecule has 0 unspecified atom stereocenters. The van der Waals surface area contributed by atoms with Gasteiger partial charge in [-0.3, -0.25) is 9.69 Å². The molecule has 17 heavy (non-hydrogen) atoms. The Balaban J connectivity index is 2.37. The van der Waals surface area contributed by atoms with Crippen LogP contribution in [0.2, 0.25) is 0 Å². The fourth-order valence-electron chi connectivity index (χ4n) is 2.51. The number of carbonyl (C=O) groups is 1. The van der Waals surface area contributed by atoms with E-state index in [-0.39, 0.29) is 5.97 Å². The van der Waals surface area contributed by atoms with Crippen LogP contribution in [0.5, 0.6) is 0 Å². The first-order chi connectivity index (χ1) is 8.13. The van der Waals surface area contributed by atoms with Gasteiger partial charge in [0.1, 0.15) is 0 Å². The summed E-state index contributed by atoms with van der Waals surface area (Å²) in [6.07, 6.45) is 5.55. The molecule has 1 fully saturated rings. The van der Waals surface area contributed by atoms with Crippen LogP contribution < -0.4 is 11.4 Å². The first-order valence-corrected chi connectivity index (χ1v) is 6.52. The second-order valence-electron chi connectivity index (χ2n) is 5.17. The highest BCUT2D eigenvalue weighted by atomic mass is 16.7. The molecule has 1 aliphatic carbocycles. The van der Waals surface area contributed by atoms with E-state index in [1.807, 2.05) is 5.59 Å². The van der Waals surface area contributed by atoms with Crippen molar-refractivity contribution < 1.29 is 9.63 Å². The maximum atomic E-state index is 11.3. The molecule has 0 atom stereocenters. The number of hydrogen-bond donors (Lipinski definition) is 2. The van der Waals surface area contributed by atoms with Gasteiger partial charge in [-0.25, -0.2) is 5.84 Å². The second kappa shape index (κ2) is 7.63. The Bertz CT molecular complexity index is 228. The van der Waals surface area contributed by atoms with Crippen molar-refractivity contribution in [2.24, 2.45) is 11.8 Å². The molecule has 0 aromatic rings. The summed E-state index contributed by atoms with van der Waals surface area (Å²) in [7, 11) is 0. The highest BCUT2D eigenvalue weighted by molar-refractivity contribution is 5.69. The summed E-state index contributed by atoms with van der Waals surface area (Å²) in [5.41, 5.74) is 1.93. The summed E-state index contributed by atoms with van der Waals surface area (Å²) in [5.74, 6) is 5.26. The minimum Gasteiger partial charge on any atom is -0.356 e. The third kappa shape index (κ3) is 5.48. The average Bonchev–Trinajstić information content (AvgIpc) is 2.77. The van der Waals surface area contributed by atoms with Crippen LogP contribution in [0, 0.1) is 5.92 Å². The molecule has 0 saturated heterocycles. The van der Waals surface area contributed by atoms with E-state index in [2.05, 4.69) is 23.6 Å². The van der Waals surface area contributed by atoms with Gasteiger partial charge in [-0.1, -0.05) is 32.3 Å². The van der Waals surface area contributed by atoms with Crippen LogP contribution in [0.25, 0.3) is 0 Å². The molecule has 0 bridgehead atoms. The van der Waals surface area contributed by atoms with E-state index in [1.54, 1.807) is 0 Å². The first-order valence-electron chi connectivity index (χ1n) is 6.52. The second-order valence-corrected chi connectivity index (χ2v) is 5.17. The molecule has 1 rings (SSSR count). The van der Waals surface area contributed by atoms with E-state index < -0.39 is 0 Å². The molecule has 0 aliphatic heterocycles. The molecular formula is C12H25N3O2. The van der Waals surface area contributed by atoms with E-state index in [0.717, 1.165) is 13.1 Å². The quantitative estimate of drug-likeness (QED) is 0.519. The van der Waals surface area contributed by atoms with Crippen LogP contribution in [-0.4, -0.2) is 30.0 Å². The molecule has 0 heterocycles. The number of carbonyl (C=O) groups excluding carboxylic acids is 1. The van der Waals surface area contributed by atoms with Crippen molar-refractivity contribution in [3.05, 3.63) is 0 Å². The number of nitrogens with zero attached hydrogens (tertiary/aromatic N) is 1. The lowest BCUT2D eigenvalue weighted by Gasteiger charge is -2.30. The smallest absolute Gasteiger partial charge is 0.327 e. The van der Waals surface area contributed by atoms with Gasteiger partial charge in [0.25, 0.3) is 0 Å². The Hall–Kier alpha value is -0.650. The molecule has 5 heteroatoms. The van der Waals surface area contributed by atoms with Gasteiger partial charge in [-0.2, -0.15) is 0 Å². The van der Waals surface area contributed by atoms with Crippen molar-refractivity contribution in [2.75, 3.05) is 13.1 Å². The molecule has 0 aromatic heterocycles. The third-order valence-corrected chi connectivity index (χ3v) is 3.22. The number of hydrazine groups is 1. The Kier molecular flexibility index (Phi) is 6.47. The van der Waals surface area contributed by atoms with Crippen LogP contribution >= 0.6 is 0 Å². The zero-order chi connectivity index (χ0) is 12.7. The highest BCUT2D eigenvalue weighted by Gasteiger charge is 2.23. The fraction of sp³-hybridized carbons (Fsp3) is 0.917. The molecule has 0 aromatic carbocycles. The first kappa shape index (κ1) is 14.4. The van der Waals surface area contributed by atoms with Crippen molar-refractivity contribution >= 4 is 5.97 Å². The molecule has 0 spiro atoms. The van der Waals surface area contributed by atoms with Gasteiger partial charge < -0.3 is 4.84 Å². The molecule has 1 saturated carbocycles. The molecule has 1 aliphatic rings. The van der Waals surface area contributed by atoms with E-state index >= 15 is 0 Å².